The number of fused-ring (bicyclic) bond motifs is 1. The Hall–Kier alpha value is -4.59. The molecular weight excluding hydrogens is 416 g/mol. The van der Waals surface area contributed by atoms with Crippen molar-refractivity contribution in [2.75, 3.05) is 5.32 Å². The number of aromatic nitrogens is 5. The molecule has 0 unspecified atom stereocenters. The van der Waals surface area contributed by atoms with Crippen molar-refractivity contribution in [3.8, 4) is 22.9 Å². The first-order valence-electron chi connectivity index (χ1n) is 10.3. The van der Waals surface area contributed by atoms with Gasteiger partial charge in [-0.1, -0.05) is 36.4 Å². The van der Waals surface area contributed by atoms with Gasteiger partial charge in [0.15, 0.2) is 5.65 Å². The van der Waals surface area contributed by atoms with Crippen LogP contribution in [-0.4, -0.2) is 30.6 Å². The maximum atomic E-state index is 13.4. The van der Waals surface area contributed by atoms with Crippen LogP contribution >= 0.6 is 0 Å². The summed E-state index contributed by atoms with van der Waals surface area (Å²) in [6.07, 6.45) is 4.65. The Kier molecular flexibility index (Phi) is 5.24. The lowest BCUT2D eigenvalue weighted by Gasteiger charge is -2.11. The highest BCUT2D eigenvalue weighted by Crippen LogP contribution is 2.28. The van der Waals surface area contributed by atoms with Crippen LogP contribution in [0.2, 0.25) is 0 Å². The van der Waals surface area contributed by atoms with E-state index in [9.17, 15) is 4.79 Å². The summed E-state index contributed by atoms with van der Waals surface area (Å²) in [4.78, 5) is 26.3. The van der Waals surface area contributed by atoms with E-state index in [1.54, 1.807) is 41.3 Å². The second-order valence-electron chi connectivity index (χ2n) is 7.46. The first-order valence-corrected chi connectivity index (χ1v) is 10.3. The molecule has 3 aromatic heterocycles. The van der Waals surface area contributed by atoms with Gasteiger partial charge < -0.3 is 10.1 Å². The zero-order chi connectivity index (χ0) is 22.8. The highest BCUT2D eigenvalue weighted by atomic mass is 16.5. The number of hydrogen-bond acceptors (Lipinski definition) is 6. The average molecular weight is 436 g/mol. The molecule has 0 aliphatic carbocycles. The Morgan fingerprint density at radius 3 is 2.67 bits per heavy atom. The monoisotopic (exact) mass is 436 g/mol. The molecule has 0 fully saturated rings. The summed E-state index contributed by atoms with van der Waals surface area (Å²) < 4.78 is 7.43. The minimum absolute atomic E-state index is 0.257. The van der Waals surface area contributed by atoms with Crippen LogP contribution in [0, 0.1) is 6.92 Å². The number of anilines is 1. The Labute approximate surface area is 189 Å². The fraction of sp³-hybridized carbons (Fsp3) is 0.0800. The number of hydrogen-bond donors (Lipinski definition) is 1. The van der Waals surface area contributed by atoms with Crippen LogP contribution in [0.15, 0.2) is 79.3 Å². The Morgan fingerprint density at radius 1 is 1.03 bits per heavy atom. The van der Waals surface area contributed by atoms with Crippen molar-refractivity contribution in [2.45, 2.75) is 6.92 Å². The Morgan fingerprint density at radius 2 is 1.88 bits per heavy atom. The highest BCUT2D eigenvalue weighted by molar-refractivity contribution is 6.13. The lowest BCUT2D eigenvalue weighted by Crippen LogP contribution is -2.13. The predicted octanol–water partition coefficient (Wildman–Crippen LogP) is 4.78. The van der Waals surface area contributed by atoms with E-state index in [-0.39, 0.29) is 5.91 Å². The van der Waals surface area contributed by atoms with Crippen molar-refractivity contribution < 1.29 is 9.53 Å². The third kappa shape index (κ3) is 4.14. The number of aryl methyl sites for hydroxylation is 2. The third-order valence-electron chi connectivity index (χ3n) is 5.14. The molecule has 0 spiro atoms. The second kappa shape index (κ2) is 8.51. The number of ether oxygens (including phenoxy) is 1. The number of amides is 1. The van der Waals surface area contributed by atoms with Gasteiger partial charge in [0.25, 0.3) is 5.91 Å². The van der Waals surface area contributed by atoms with Gasteiger partial charge in [0.2, 0.25) is 5.88 Å². The number of carbonyl (C=O) groups is 1. The summed E-state index contributed by atoms with van der Waals surface area (Å²) in [7, 11) is 1.83. The van der Waals surface area contributed by atoms with Gasteiger partial charge in [-0.05, 0) is 25.1 Å². The van der Waals surface area contributed by atoms with Gasteiger partial charge in [0.1, 0.15) is 5.75 Å². The molecule has 0 aliphatic rings. The maximum absolute atomic E-state index is 13.4. The van der Waals surface area contributed by atoms with Crippen molar-refractivity contribution in [3.63, 3.8) is 0 Å². The average Bonchev–Trinajstić information content (AvgIpc) is 3.13. The van der Waals surface area contributed by atoms with Gasteiger partial charge in [0.05, 0.1) is 28.5 Å². The van der Waals surface area contributed by atoms with Crippen LogP contribution in [0.25, 0.3) is 22.3 Å². The van der Waals surface area contributed by atoms with Gasteiger partial charge in [-0.25, -0.2) is 9.97 Å². The fourth-order valence-corrected chi connectivity index (χ4v) is 3.68. The smallest absolute Gasteiger partial charge is 0.256 e. The van der Waals surface area contributed by atoms with E-state index in [1.165, 1.54) is 6.20 Å². The first-order chi connectivity index (χ1) is 16.1. The molecule has 8 heteroatoms. The molecule has 0 saturated carbocycles. The van der Waals surface area contributed by atoms with Crippen LogP contribution in [0.4, 0.5) is 5.69 Å². The normalized spacial score (nSPS) is 10.8. The lowest BCUT2D eigenvalue weighted by atomic mass is 10.0. The molecule has 0 saturated heterocycles. The molecule has 162 valence electrons. The molecule has 0 aliphatic heterocycles. The van der Waals surface area contributed by atoms with E-state index in [1.807, 2.05) is 50.4 Å². The van der Waals surface area contributed by atoms with Crippen molar-refractivity contribution in [1.29, 1.82) is 0 Å². The molecule has 0 radical (unpaired) electrons. The molecule has 0 atom stereocenters. The van der Waals surface area contributed by atoms with Crippen LogP contribution in [-0.2, 0) is 7.05 Å². The molecule has 33 heavy (non-hydrogen) atoms. The summed E-state index contributed by atoms with van der Waals surface area (Å²) in [6.45, 7) is 1.87. The Bertz CT molecular complexity index is 1450. The number of pyridine rings is 1. The minimum Gasteiger partial charge on any atom is -0.437 e. The van der Waals surface area contributed by atoms with Gasteiger partial charge in [-0.15, -0.1) is 0 Å². The topological polar surface area (TPSA) is 94.8 Å². The molecule has 2 aromatic carbocycles. The van der Waals surface area contributed by atoms with Gasteiger partial charge in [-0.2, -0.15) is 5.10 Å². The zero-order valence-corrected chi connectivity index (χ0v) is 18.1. The van der Waals surface area contributed by atoms with Crippen molar-refractivity contribution in [2.24, 2.45) is 7.05 Å². The summed E-state index contributed by atoms with van der Waals surface area (Å²) in [6, 6.07) is 18.7. The highest BCUT2D eigenvalue weighted by Gasteiger charge is 2.19. The summed E-state index contributed by atoms with van der Waals surface area (Å²) in [5.74, 6) is 0.651. The van der Waals surface area contributed by atoms with Crippen molar-refractivity contribution in [3.05, 3.63) is 90.5 Å². The third-order valence-corrected chi connectivity index (χ3v) is 5.14. The molecule has 5 aromatic rings. The fourth-order valence-electron chi connectivity index (χ4n) is 3.68. The van der Waals surface area contributed by atoms with E-state index in [4.69, 9.17) is 9.72 Å². The second-order valence-corrected chi connectivity index (χ2v) is 7.46. The number of nitrogens with one attached hydrogen (secondary N) is 1. The first kappa shape index (κ1) is 20.3. The Balaban J connectivity index is 1.50. The van der Waals surface area contributed by atoms with E-state index < -0.39 is 0 Å². The van der Waals surface area contributed by atoms with E-state index in [0.29, 0.717) is 34.2 Å². The zero-order valence-electron chi connectivity index (χ0n) is 18.1. The summed E-state index contributed by atoms with van der Waals surface area (Å²) in [5, 5.41) is 8.17. The number of carbonyl (C=O) groups excluding carboxylic acids is 1. The van der Waals surface area contributed by atoms with Crippen molar-refractivity contribution >= 4 is 22.6 Å². The number of benzene rings is 2. The van der Waals surface area contributed by atoms with E-state index in [0.717, 1.165) is 16.6 Å². The van der Waals surface area contributed by atoms with Crippen LogP contribution in [0.1, 0.15) is 16.1 Å². The largest absolute Gasteiger partial charge is 0.437 e. The van der Waals surface area contributed by atoms with E-state index >= 15 is 0 Å². The maximum Gasteiger partial charge on any atom is 0.256 e. The number of rotatable bonds is 5. The van der Waals surface area contributed by atoms with Gasteiger partial charge in [0, 0.05) is 36.8 Å². The molecule has 5 rings (SSSR count). The van der Waals surface area contributed by atoms with Gasteiger partial charge >= 0.3 is 0 Å². The molecule has 1 amide bonds. The molecule has 8 nitrogen and oxygen atoms in total. The molecule has 0 bridgehead atoms. The molecular formula is C25H20N6O2. The minimum atomic E-state index is -0.257. The van der Waals surface area contributed by atoms with Gasteiger partial charge in [-0.3, -0.25) is 14.5 Å². The summed E-state index contributed by atoms with van der Waals surface area (Å²) >= 11 is 0. The standard InChI is InChI=1S/C25H20N6O2/c1-16-23-20(14-21(17-7-4-3-5-8-17)29-24(23)31(2)30-16)25(32)28-18-9-6-10-19(13-18)33-22-15-26-11-12-27-22/h3-15H,1-2H3,(H,28,32). The predicted molar refractivity (Wildman–Crippen MR) is 125 cm³/mol. The number of nitrogens with zero attached hydrogens (tertiary/aromatic N) is 5. The quantitative estimate of drug-likeness (QED) is 0.426. The SMILES string of the molecule is Cc1nn(C)c2nc(-c3ccccc3)cc(C(=O)Nc3cccc(Oc4cnccn4)c3)c12. The summed E-state index contributed by atoms with van der Waals surface area (Å²) in [5.41, 5.74) is 4.12. The lowest BCUT2D eigenvalue weighted by molar-refractivity contribution is 0.102. The van der Waals surface area contributed by atoms with Crippen LogP contribution in [0.5, 0.6) is 11.6 Å². The van der Waals surface area contributed by atoms with Crippen LogP contribution in [0.3, 0.4) is 0 Å². The van der Waals surface area contributed by atoms with E-state index in [2.05, 4.69) is 20.4 Å². The van der Waals surface area contributed by atoms with Crippen LogP contribution < -0.4 is 10.1 Å². The van der Waals surface area contributed by atoms with Crippen molar-refractivity contribution in [1.82, 2.24) is 24.7 Å². The molecule has 1 N–H and O–H groups in total. The molecule has 3 heterocycles.